The molecular weight excluding hydrogens is 379 g/mol. The summed E-state index contributed by atoms with van der Waals surface area (Å²) in [5.74, 6) is 0.563. The predicted octanol–water partition coefficient (Wildman–Crippen LogP) is 4.45. The van der Waals surface area contributed by atoms with E-state index in [4.69, 9.17) is 4.42 Å². The van der Waals surface area contributed by atoms with Crippen molar-refractivity contribution < 1.29 is 22.4 Å². The van der Waals surface area contributed by atoms with E-state index >= 15 is 0 Å². The molecular formula is C18H16F3N3O2S. The SMILES string of the molecule is CC(NC(=O)CSc1nccn1-c1ccc(C(F)(F)F)cc1)c1ccco1. The first-order valence-electron chi connectivity index (χ1n) is 8.01. The van der Waals surface area contributed by atoms with Gasteiger partial charge in [-0.3, -0.25) is 9.36 Å². The highest BCUT2D eigenvalue weighted by molar-refractivity contribution is 7.99. The zero-order valence-corrected chi connectivity index (χ0v) is 15.1. The van der Waals surface area contributed by atoms with E-state index in [9.17, 15) is 18.0 Å². The maximum absolute atomic E-state index is 12.7. The molecule has 0 aliphatic rings. The highest BCUT2D eigenvalue weighted by atomic mass is 32.2. The molecule has 1 N–H and O–H groups in total. The highest BCUT2D eigenvalue weighted by Gasteiger charge is 2.30. The van der Waals surface area contributed by atoms with Gasteiger partial charge >= 0.3 is 6.18 Å². The van der Waals surface area contributed by atoms with Crippen LogP contribution in [0.15, 0.2) is 64.6 Å². The number of carbonyl (C=O) groups excluding carboxylic acids is 1. The summed E-state index contributed by atoms with van der Waals surface area (Å²) >= 11 is 1.19. The first-order valence-corrected chi connectivity index (χ1v) is 8.99. The zero-order valence-electron chi connectivity index (χ0n) is 14.2. The fourth-order valence-electron chi connectivity index (χ4n) is 2.43. The first kappa shape index (κ1) is 19.1. The number of hydrogen-bond donors (Lipinski definition) is 1. The molecule has 2 heterocycles. The first-order chi connectivity index (χ1) is 12.8. The summed E-state index contributed by atoms with van der Waals surface area (Å²) < 4.78 is 44.9. The molecule has 3 aromatic rings. The van der Waals surface area contributed by atoms with Crippen molar-refractivity contribution in [3.05, 3.63) is 66.4 Å². The predicted molar refractivity (Wildman–Crippen MR) is 94.6 cm³/mol. The Labute approximate surface area is 157 Å². The van der Waals surface area contributed by atoms with Crippen LogP contribution in [-0.2, 0) is 11.0 Å². The standard InChI is InChI=1S/C18H16F3N3O2S/c1-12(15-3-2-10-26-15)23-16(25)11-27-17-22-8-9-24(17)14-6-4-13(5-7-14)18(19,20)21/h2-10,12H,11H2,1H3,(H,23,25). The van der Waals surface area contributed by atoms with Crippen LogP contribution >= 0.6 is 11.8 Å². The summed E-state index contributed by atoms with van der Waals surface area (Å²) in [6.07, 6.45) is 0.319. The number of furan rings is 1. The summed E-state index contributed by atoms with van der Waals surface area (Å²) in [7, 11) is 0. The number of benzene rings is 1. The summed E-state index contributed by atoms with van der Waals surface area (Å²) in [6.45, 7) is 1.81. The van der Waals surface area contributed by atoms with Gasteiger partial charge in [-0.05, 0) is 43.3 Å². The molecule has 2 aromatic heterocycles. The third kappa shape index (κ3) is 4.73. The van der Waals surface area contributed by atoms with Gasteiger partial charge in [0.2, 0.25) is 5.91 Å². The molecule has 0 saturated heterocycles. The zero-order chi connectivity index (χ0) is 19.4. The molecule has 1 aromatic carbocycles. The molecule has 0 radical (unpaired) electrons. The molecule has 0 spiro atoms. The monoisotopic (exact) mass is 395 g/mol. The number of imidazole rings is 1. The van der Waals surface area contributed by atoms with E-state index in [1.165, 1.54) is 36.4 Å². The van der Waals surface area contributed by atoms with Gasteiger partial charge in [-0.15, -0.1) is 0 Å². The molecule has 5 nitrogen and oxygen atoms in total. The molecule has 142 valence electrons. The second-order valence-corrected chi connectivity index (χ2v) is 6.66. The molecule has 1 unspecified atom stereocenters. The van der Waals surface area contributed by atoms with E-state index in [1.807, 2.05) is 6.92 Å². The maximum atomic E-state index is 12.7. The van der Waals surface area contributed by atoms with Crippen molar-refractivity contribution in [3.8, 4) is 5.69 Å². The number of carbonyl (C=O) groups is 1. The number of amides is 1. The largest absolute Gasteiger partial charge is 0.467 e. The van der Waals surface area contributed by atoms with Gasteiger partial charge in [-0.2, -0.15) is 13.2 Å². The van der Waals surface area contributed by atoms with Crippen molar-refractivity contribution in [2.75, 3.05) is 5.75 Å². The number of aromatic nitrogens is 2. The third-order valence-corrected chi connectivity index (χ3v) is 4.73. The van der Waals surface area contributed by atoms with E-state index < -0.39 is 11.7 Å². The topological polar surface area (TPSA) is 60.1 Å². The van der Waals surface area contributed by atoms with Crippen LogP contribution in [0.1, 0.15) is 24.3 Å². The summed E-state index contributed by atoms with van der Waals surface area (Å²) in [4.78, 5) is 16.3. The average Bonchev–Trinajstić information content (AvgIpc) is 3.31. The summed E-state index contributed by atoms with van der Waals surface area (Å²) in [6, 6.07) is 8.02. The lowest BCUT2D eigenvalue weighted by Crippen LogP contribution is -2.28. The fraction of sp³-hybridized carbons (Fsp3) is 0.222. The number of hydrogen-bond acceptors (Lipinski definition) is 4. The molecule has 0 aliphatic heterocycles. The number of nitrogens with one attached hydrogen (secondary N) is 1. The molecule has 1 atom stereocenters. The van der Waals surface area contributed by atoms with Crippen molar-refractivity contribution in [1.29, 1.82) is 0 Å². The van der Waals surface area contributed by atoms with Gasteiger partial charge in [0.1, 0.15) is 5.76 Å². The van der Waals surface area contributed by atoms with E-state index in [0.717, 1.165) is 12.1 Å². The normalized spacial score (nSPS) is 12.7. The minimum Gasteiger partial charge on any atom is -0.467 e. The molecule has 9 heteroatoms. The summed E-state index contributed by atoms with van der Waals surface area (Å²) in [5, 5.41) is 3.32. The Bertz CT molecular complexity index is 889. The minimum atomic E-state index is -4.38. The molecule has 0 bridgehead atoms. The molecule has 0 fully saturated rings. The van der Waals surface area contributed by atoms with Crippen LogP contribution in [-0.4, -0.2) is 21.2 Å². The summed E-state index contributed by atoms with van der Waals surface area (Å²) in [5.41, 5.74) is -0.181. The van der Waals surface area contributed by atoms with E-state index in [-0.39, 0.29) is 17.7 Å². The number of halogens is 3. The molecule has 3 rings (SSSR count). The second kappa shape index (κ2) is 7.91. The maximum Gasteiger partial charge on any atom is 0.416 e. The van der Waals surface area contributed by atoms with Gasteiger partial charge < -0.3 is 9.73 Å². The van der Waals surface area contributed by atoms with Gasteiger partial charge in [0.25, 0.3) is 0 Å². The Balaban J connectivity index is 1.62. The van der Waals surface area contributed by atoms with Crippen LogP contribution in [0.3, 0.4) is 0 Å². The van der Waals surface area contributed by atoms with E-state index in [0.29, 0.717) is 16.6 Å². The van der Waals surface area contributed by atoms with Crippen molar-refractivity contribution >= 4 is 17.7 Å². The lowest BCUT2D eigenvalue weighted by molar-refractivity contribution is -0.137. The van der Waals surface area contributed by atoms with Crippen LogP contribution in [0, 0.1) is 0 Å². The van der Waals surface area contributed by atoms with Crippen LogP contribution in [0.4, 0.5) is 13.2 Å². The highest BCUT2D eigenvalue weighted by Crippen LogP contribution is 2.30. The fourth-order valence-corrected chi connectivity index (χ4v) is 3.21. The quantitative estimate of drug-likeness (QED) is 0.627. The van der Waals surface area contributed by atoms with E-state index in [1.54, 1.807) is 22.9 Å². The lowest BCUT2D eigenvalue weighted by Gasteiger charge is -2.12. The Hall–Kier alpha value is -2.68. The van der Waals surface area contributed by atoms with Crippen LogP contribution in [0.2, 0.25) is 0 Å². The molecule has 1 amide bonds. The molecule has 27 heavy (non-hydrogen) atoms. The van der Waals surface area contributed by atoms with Crippen molar-refractivity contribution in [1.82, 2.24) is 14.9 Å². The Morgan fingerprint density at radius 3 is 2.67 bits per heavy atom. The van der Waals surface area contributed by atoms with Crippen molar-refractivity contribution in [2.45, 2.75) is 24.3 Å². The van der Waals surface area contributed by atoms with Crippen LogP contribution < -0.4 is 5.32 Å². The van der Waals surface area contributed by atoms with Gasteiger partial charge in [0.05, 0.1) is 23.6 Å². The number of nitrogens with zero attached hydrogens (tertiary/aromatic N) is 2. The van der Waals surface area contributed by atoms with Gasteiger partial charge in [0.15, 0.2) is 5.16 Å². The van der Waals surface area contributed by atoms with Crippen molar-refractivity contribution in [3.63, 3.8) is 0 Å². The van der Waals surface area contributed by atoms with Gasteiger partial charge in [-0.1, -0.05) is 11.8 Å². The van der Waals surface area contributed by atoms with Crippen molar-refractivity contribution in [2.24, 2.45) is 0 Å². The van der Waals surface area contributed by atoms with Crippen LogP contribution in [0.25, 0.3) is 5.69 Å². The third-order valence-electron chi connectivity index (χ3n) is 3.76. The smallest absolute Gasteiger partial charge is 0.416 e. The van der Waals surface area contributed by atoms with E-state index in [2.05, 4.69) is 10.3 Å². The lowest BCUT2D eigenvalue weighted by atomic mass is 10.2. The molecule has 0 aliphatic carbocycles. The number of alkyl halides is 3. The average molecular weight is 395 g/mol. The number of thioether (sulfide) groups is 1. The Kier molecular flexibility index (Phi) is 5.59. The Morgan fingerprint density at radius 1 is 1.30 bits per heavy atom. The number of rotatable bonds is 6. The van der Waals surface area contributed by atoms with Crippen LogP contribution in [0.5, 0.6) is 0 Å². The van der Waals surface area contributed by atoms with Gasteiger partial charge in [-0.25, -0.2) is 4.98 Å². The minimum absolute atomic E-state index is 0.114. The molecule has 0 saturated carbocycles. The second-order valence-electron chi connectivity index (χ2n) is 5.72. The van der Waals surface area contributed by atoms with Gasteiger partial charge in [0, 0.05) is 18.1 Å². The Morgan fingerprint density at radius 2 is 2.04 bits per heavy atom.